The van der Waals surface area contributed by atoms with Gasteiger partial charge in [-0.3, -0.25) is 19.3 Å². The Hall–Kier alpha value is -1.67. The van der Waals surface area contributed by atoms with Gasteiger partial charge in [-0.2, -0.15) is 0 Å². The standard InChI is InChI=1S/C22H43N3O5/c1-11-15(6)20(16(30-10)12-17(26)27)25(9)22(29)18(13(2)3)23-21(28)19(14(4)5)24(7)8/h13-16,18-20H,11-12H2,1-10H3,(H,23,28)(H,26,27)/t15-,16+,18-,19?,20-/m0/s1. The number of carboxylic acids is 1. The van der Waals surface area contributed by atoms with Gasteiger partial charge in [0.1, 0.15) is 6.04 Å². The number of nitrogens with one attached hydrogen (secondary N) is 1. The van der Waals surface area contributed by atoms with Gasteiger partial charge in [-0.25, -0.2) is 0 Å². The maximum atomic E-state index is 13.4. The molecule has 0 spiro atoms. The van der Waals surface area contributed by atoms with Crippen LogP contribution in [0.3, 0.4) is 0 Å². The molecule has 30 heavy (non-hydrogen) atoms. The number of carboxylic acid groups (broad SMARTS) is 1. The molecule has 0 heterocycles. The zero-order valence-electron chi connectivity index (χ0n) is 20.4. The Labute approximate surface area is 182 Å². The van der Waals surface area contributed by atoms with Gasteiger partial charge in [0.05, 0.1) is 24.6 Å². The maximum absolute atomic E-state index is 13.4. The van der Waals surface area contributed by atoms with Crippen molar-refractivity contribution in [1.29, 1.82) is 0 Å². The second-order valence-corrected chi connectivity index (χ2v) is 9.08. The first-order valence-corrected chi connectivity index (χ1v) is 10.8. The van der Waals surface area contributed by atoms with Crippen molar-refractivity contribution in [2.45, 2.75) is 78.6 Å². The van der Waals surface area contributed by atoms with Crippen molar-refractivity contribution in [1.82, 2.24) is 15.1 Å². The van der Waals surface area contributed by atoms with E-state index in [0.717, 1.165) is 6.42 Å². The molecule has 0 aliphatic carbocycles. The number of methoxy groups -OCH3 is 1. The van der Waals surface area contributed by atoms with Crippen LogP contribution in [0, 0.1) is 17.8 Å². The van der Waals surface area contributed by atoms with Crippen molar-refractivity contribution < 1.29 is 24.2 Å². The second-order valence-electron chi connectivity index (χ2n) is 9.08. The molecule has 0 bridgehead atoms. The van der Waals surface area contributed by atoms with Crippen LogP contribution in [0.25, 0.3) is 0 Å². The van der Waals surface area contributed by atoms with Crippen LogP contribution in [-0.2, 0) is 19.1 Å². The fourth-order valence-corrected chi connectivity index (χ4v) is 4.01. The van der Waals surface area contributed by atoms with E-state index >= 15 is 0 Å². The van der Waals surface area contributed by atoms with Crippen molar-refractivity contribution >= 4 is 17.8 Å². The summed E-state index contributed by atoms with van der Waals surface area (Å²) >= 11 is 0. The SMILES string of the molecule is CC[C@H](C)[C@@H]([C@@H](CC(=O)O)OC)N(C)C(=O)[C@@H](NC(=O)C(C(C)C)N(C)C)C(C)C. The molecule has 0 aromatic carbocycles. The van der Waals surface area contributed by atoms with Gasteiger partial charge in [0.15, 0.2) is 0 Å². The van der Waals surface area contributed by atoms with E-state index in [1.807, 2.05) is 60.5 Å². The summed E-state index contributed by atoms with van der Waals surface area (Å²) in [5.41, 5.74) is 0. The highest BCUT2D eigenvalue weighted by atomic mass is 16.5. The molecule has 0 aliphatic heterocycles. The third kappa shape index (κ3) is 7.87. The van der Waals surface area contributed by atoms with Crippen LogP contribution >= 0.6 is 0 Å². The third-order valence-electron chi connectivity index (χ3n) is 5.77. The quantitative estimate of drug-likeness (QED) is 0.465. The number of amides is 2. The highest BCUT2D eigenvalue weighted by Crippen LogP contribution is 2.23. The smallest absolute Gasteiger partial charge is 0.306 e. The van der Waals surface area contributed by atoms with Crippen LogP contribution in [0.2, 0.25) is 0 Å². The summed E-state index contributed by atoms with van der Waals surface area (Å²) in [7, 11) is 6.82. The number of nitrogens with zero attached hydrogens (tertiary/aromatic N) is 2. The Morgan fingerprint density at radius 3 is 1.87 bits per heavy atom. The topological polar surface area (TPSA) is 99.2 Å². The Bertz CT molecular complexity index is 557. The first-order chi connectivity index (χ1) is 13.8. The van der Waals surface area contributed by atoms with Gasteiger partial charge in [0.25, 0.3) is 0 Å². The molecule has 0 aromatic heterocycles. The molecule has 0 aliphatic rings. The Balaban J connectivity index is 5.80. The molecule has 8 nitrogen and oxygen atoms in total. The highest BCUT2D eigenvalue weighted by Gasteiger charge is 2.38. The second kappa shape index (κ2) is 12.9. The van der Waals surface area contributed by atoms with Crippen molar-refractivity contribution in [2.75, 3.05) is 28.3 Å². The van der Waals surface area contributed by atoms with Gasteiger partial charge in [0, 0.05) is 14.2 Å². The lowest BCUT2D eigenvalue weighted by Crippen LogP contribution is -2.59. The summed E-state index contributed by atoms with van der Waals surface area (Å²) in [6, 6.07) is -1.48. The zero-order valence-corrected chi connectivity index (χ0v) is 20.4. The highest BCUT2D eigenvalue weighted by molar-refractivity contribution is 5.90. The third-order valence-corrected chi connectivity index (χ3v) is 5.77. The number of carbonyl (C=O) groups excluding carboxylic acids is 2. The van der Waals surface area contributed by atoms with Crippen molar-refractivity contribution in [3.8, 4) is 0 Å². The molecule has 176 valence electrons. The first kappa shape index (κ1) is 28.3. The van der Waals surface area contributed by atoms with Crippen molar-refractivity contribution in [3.05, 3.63) is 0 Å². The van der Waals surface area contributed by atoms with E-state index in [1.165, 1.54) is 7.11 Å². The van der Waals surface area contributed by atoms with Crippen LogP contribution in [-0.4, -0.2) is 85.2 Å². The predicted octanol–water partition coefficient (Wildman–Crippen LogP) is 2.08. The summed E-state index contributed by atoms with van der Waals surface area (Å²) in [5.74, 6) is -1.42. The molecule has 2 N–H and O–H groups in total. The summed E-state index contributed by atoms with van der Waals surface area (Å²) < 4.78 is 5.47. The Kier molecular flexibility index (Phi) is 12.2. The minimum Gasteiger partial charge on any atom is -0.481 e. The summed E-state index contributed by atoms with van der Waals surface area (Å²) in [4.78, 5) is 41.1. The molecule has 0 saturated carbocycles. The maximum Gasteiger partial charge on any atom is 0.306 e. The fraction of sp³-hybridized carbons (Fsp3) is 0.864. The number of aliphatic carboxylic acids is 1. The minimum atomic E-state index is -0.976. The average molecular weight is 430 g/mol. The van der Waals surface area contributed by atoms with E-state index in [-0.39, 0.29) is 42.0 Å². The molecule has 8 heteroatoms. The van der Waals surface area contributed by atoms with Crippen LogP contribution in [0.5, 0.6) is 0 Å². The molecular weight excluding hydrogens is 386 g/mol. The van der Waals surface area contributed by atoms with Gasteiger partial charge in [-0.05, 0) is 31.8 Å². The van der Waals surface area contributed by atoms with E-state index in [4.69, 9.17) is 4.74 Å². The molecule has 0 aromatic rings. The summed E-state index contributed by atoms with van der Waals surface area (Å²) in [5, 5.41) is 12.2. The number of ether oxygens (including phenoxy) is 1. The molecule has 5 atom stereocenters. The van der Waals surface area contributed by atoms with E-state index < -0.39 is 24.2 Å². The summed E-state index contributed by atoms with van der Waals surface area (Å²) in [6.07, 6.45) is -0.0749. The van der Waals surface area contributed by atoms with Crippen LogP contribution in [0.4, 0.5) is 0 Å². The van der Waals surface area contributed by atoms with Crippen LogP contribution < -0.4 is 5.32 Å². The normalized spacial score (nSPS) is 16.8. The molecular formula is C22H43N3O5. The van der Waals surface area contributed by atoms with Gasteiger partial charge in [-0.1, -0.05) is 48.0 Å². The van der Waals surface area contributed by atoms with E-state index in [1.54, 1.807) is 11.9 Å². The molecule has 2 amide bonds. The molecule has 0 fully saturated rings. The van der Waals surface area contributed by atoms with Gasteiger partial charge in [-0.15, -0.1) is 0 Å². The number of likely N-dealkylation sites (N-methyl/N-ethyl adjacent to an activating group) is 2. The van der Waals surface area contributed by atoms with Crippen molar-refractivity contribution in [2.24, 2.45) is 17.8 Å². The molecule has 0 radical (unpaired) electrons. The predicted molar refractivity (Wildman–Crippen MR) is 118 cm³/mol. The van der Waals surface area contributed by atoms with E-state index in [0.29, 0.717) is 0 Å². The lowest BCUT2D eigenvalue weighted by atomic mass is 9.90. The van der Waals surface area contributed by atoms with Crippen LogP contribution in [0.15, 0.2) is 0 Å². The first-order valence-electron chi connectivity index (χ1n) is 10.8. The van der Waals surface area contributed by atoms with Crippen molar-refractivity contribution in [3.63, 3.8) is 0 Å². The monoisotopic (exact) mass is 429 g/mol. The van der Waals surface area contributed by atoms with E-state index in [9.17, 15) is 19.5 Å². The average Bonchev–Trinajstić information content (AvgIpc) is 2.63. The number of hydrogen-bond donors (Lipinski definition) is 2. The van der Waals surface area contributed by atoms with E-state index in [2.05, 4.69) is 5.32 Å². The van der Waals surface area contributed by atoms with Gasteiger partial charge < -0.3 is 20.1 Å². The molecule has 0 saturated heterocycles. The number of carbonyl (C=O) groups is 3. The lowest BCUT2D eigenvalue weighted by molar-refractivity contribution is -0.148. The fourth-order valence-electron chi connectivity index (χ4n) is 4.01. The Morgan fingerprint density at radius 1 is 1.00 bits per heavy atom. The molecule has 1 unspecified atom stereocenters. The largest absolute Gasteiger partial charge is 0.481 e. The Morgan fingerprint density at radius 2 is 1.53 bits per heavy atom. The lowest BCUT2D eigenvalue weighted by Gasteiger charge is -2.40. The van der Waals surface area contributed by atoms with Crippen LogP contribution in [0.1, 0.15) is 54.4 Å². The summed E-state index contributed by atoms with van der Waals surface area (Å²) in [6.45, 7) is 11.7. The minimum absolute atomic E-state index is 0.0250. The van der Waals surface area contributed by atoms with Gasteiger partial charge >= 0.3 is 5.97 Å². The van der Waals surface area contributed by atoms with Gasteiger partial charge in [0.2, 0.25) is 11.8 Å². The number of rotatable bonds is 13. The number of hydrogen-bond acceptors (Lipinski definition) is 5. The zero-order chi connectivity index (χ0) is 23.8. The molecule has 0 rings (SSSR count).